The smallest absolute Gasteiger partial charge is 0.316 e. The molecule has 26 heavy (non-hydrogen) atoms. The highest BCUT2D eigenvalue weighted by atomic mass is 32.2. The summed E-state index contributed by atoms with van der Waals surface area (Å²) in [6.07, 6.45) is -2.40. The van der Waals surface area contributed by atoms with Gasteiger partial charge < -0.3 is 5.32 Å². The average Bonchev–Trinajstić information content (AvgIpc) is 3.06. The summed E-state index contributed by atoms with van der Waals surface area (Å²) in [5.41, 5.74) is -0.344. The van der Waals surface area contributed by atoms with Gasteiger partial charge in [-0.2, -0.15) is 13.2 Å². The molecule has 12 heteroatoms. The molecule has 0 saturated carbocycles. The van der Waals surface area contributed by atoms with E-state index < -0.39 is 22.1 Å². The van der Waals surface area contributed by atoms with E-state index in [4.69, 9.17) is 0 Å². The molecule has 0 radical (unpaired) electrons. The van der Waals surface area contributed by atoms with Crippen LogP contribution in [0.2, 0.25) is 0 Å². The maximum Gasteiger partial charge on any atom is 0.471 e. The van der Waals surface area contributed by atoms with Crippen LogP contribution < -0.4 is 10.0 Å². The molecule has 0 aliphatic carbocycles. The molecule has 140 valence electrons. The van der Waals surface area contributed by atoms with Gasteiger partial charge in [0.15, 0.2) is 5.13 Å². The van der Waals surface area contributed by atoms with Gasteiger partial charge in [0.1, 0.15) is 0 Å². The minimum absolute atomic E-state index is 0. The molecule has 3 aromatic rings. The van der Waals surface area contributed by atoms with Crippen molar-refractivity contribution in [3.8, 4) is 0 Å². The van der Waals surface area contributed by atoms with Gasteiger partial charge in [0, 0.05) is 26.0 Å². The first-order valence-electron chi connectivity index (χ1n) is 6.87. The van der Waals surface area contributed by atoms with Crippen LogP contribution >= 0.6 is 11.3 Å². The second-order valence-electron chi connectivity index (χ2n) is 4.91. The minimum Gasteiger partial charge on any atom is -0.316 e. The molecule has 0 saturated heterocycles. The summed E-state index contributed by atoms with van der Waals surface area (Å²) < 4.78 is 64.8. The number of amides is 1. The lowest BCUT2D eigenvalue weighted by Gasteiger charge is -2.13. The number of hydrogen-bond acceptors (Lipinski definition) is 6. The van der Waals surface area contributed by atoms with Crippen molar-refractivity contribution in [2.75, 3.05) is 10.0 Å². The predicted molar refractivity (Wildman–Crippen MR) is 93.6 cm³/mol. The number of benzene rings is 1. The van der Waals surface area contributed by atoms with Crippen LogP contribution in [-0.4, -0.2) is 30.5 Å². The molecule has 3 rings (SSSR count). The largest absolute Gasteiger partial charge is 0.471 e. The number of aromatic nitrogens is 2. The number of nitrogens with one attached hydrogen (secondary N) is 2. The van der Waals surface area contributed by atoms with Gasteiger partial charge in [-0.05, 0) is 24.3 Å². The van der Waals surface area contributed by atoms with Gasteiger partial charge in [0.05, 0.1) is 16.1 Å². The van der Waals surface area contributed by atoms with E-state index in [0.717, 1.165) is 23.5 Å². The van der Waals surface area contributed by atoms with Gasteiger partial charge >= 0.3 is 12.1 Å². The Kier molecular flexibility index (Phi) is 4.54. The normalized spacial score (nSPS) is 12.1. The van der Waals surface area contributed by atoms with Crippen molar-refractivity contribution in [3.63, 3.8) is 0 Å². The van der Waals surface area contributed by atoms with Crippen molar-refractivity contribution < 1.29 is 29.2 Å². The molecular weight excluding hydrogens is 393 g/mol. The molecule has 1 amide bonds. The molecule has 0 spiro atoms. The molecule has 0 fully saturated rings. The van der Waals surface area contributed by atoms with Gasteiger partial charge in [-0.1, -0.05) is 0 Å². The third-order valence-electron chi connectivity index (χ3n) is 3.18. The van der Waals surface area contributed by atoms with Crippen LogP contribution in [0.25, 0.3) is 10.9 Å². The Labute approximate surface area is 151 Å². The molecule has 0 bridgehead atoms. The second kappa shape index (κ2) is 6.53. The number of carbonyl (C=O) groups excluding carboxylic acids is 1. The molecule has 2 heterocycles. The molecule has 0 atom stereocenters. The molecule has 2 aromatic heterocycles. The number of halogens is 3. The third-order valence-corrected chi connectivity index (χ3v) is 5.39. The summed E-state index contributed by atoms with van der Waals surface area (Å²) in [6.45, 7) is 0. The number of rotatable bonds is 4. The SMILES string of the molecule is O=C(Nc1ccc(S(=O)(=O)Nc2nccs2)c2cccnc12)C(F)(F)F.[HH].[HH]. The minimum atomic E-state index is -5.09. The van der Waals surface area contributed by atoms with E-state index in [1.165, 1.54) is 24.5 Å². The van der Waals surface area contributed by atoms with Crippen molar-refractivity contribution in [2.24, 2.45) is 0 Å². The van der Waals surface area contributed by atoms with Crippen molar-refractivity contribution >= 4 is 49.0 Å². The average molecular weight is 406 g/mol. The lowest BCUT2D eigenvalue weighted by molar-refractivity contribution is -0.167. The van der Waals surface area contributed by atoms with Crippen molar-refractivity contribution in [3.05, 3.63) is 42.0 Å². The van der Waals surface area contributed by atoms with Gasteiger partial charge in [-0.3, -0.25) is 14.5 Å². The Morgan fingerprint density at radius 1 is 1.15 bits per heavy atom. The maximum absolute atomic E-state index is 12.6. The predicted octanol–water partition coefficient (Wildman–Crippen LogP) is 3.48. The number of pyridine rings is 1. The maximum atomic E-state index is 12.6. The number of anilines is 2. The van der Waals surface area contributed by atoms with Gasteiger partial charge in [0.2, 0.25) is 0 Å². The molecule has 0 aliphatic heterocycles. The molecule has 7 nitrogen and oxygen atoms in total. The summed E-state index contributed by atoms with van der Waals surface area (Å²) >= 11 is 1.07. The monoisotopic (exact) mass is 406 g/mol. The van der Waals surface area contributed by atoms with Crippen LogP contribution in [-0.2, 0) is 14.8 Å². The van der Waals surface area contributed by atoms with Gasteiger partial charge in [-0.15, -0.1) is 11.3 Å². The Hall–Kier alpha value is -2.73. The zero-order chi connectivity index (χ0) is 18.9. The third kappa shape index (κ3) is 3.60. The lowest BCUT2D eigenvalue weighted by Crippen LogP contribution is -2.30. The van der Waals surface area contributed by atoms with Crippen LogP contribution in [0.15, 0.2) is 46.9 Å². The summed E-state index contributed by atoms with van der Waals surface area (Å²) in [6, 6.07) is 4.95. The fraction of sp³-hybridized carbons (Fsp3) is 0.0714. The zero-order valence-corrected chi connectivity index (χ0v) is 14.2. The fourth-order valence-corrected chi connectivity index (χ4v) is 4.11. The van der Waals surface area contributed by atoms with E-state index in [1.807, 2.05) is 0 Å². The van der Waals surface area contributed by atoms with Crippen LogP contribution in [0.3, 0.4) is 0 Å². The highest BCUT2D eigenvalue weighted by Crippen LogP contribution is 2.30. The lowest BCUT2D eigenvalue weighted by atomic mass is 10.2. The fourth-order valence-electron chi connectivity index (χ4n) is 2.12. The number of thiazole rings is 1. The summed E-state index contributed by atoms with van der Waals surface area (Å²) in [5, 5.41) is 3.46. The van der Waals surface area contributed by atoms with E-state index in [-0.39, 0.29) is 29.5 Å². The first kappa shape index (κ1) is 18.1. The van der Waals surface area contributed by atoms with E-state index >= 15 is 0 Å². The van der Waals surface area contributed by atoms with E-state index in [1.54, 1.807) is 10.7 Å². The number of hydrogen-bond donors (Lipinski definition) is 2. The van der Waals surface area contributed by atoms with Crippen LogP contribution in [0, 0.1) is 0 Å². The topological polar surface area (TPSA) is 101 Å². The Balaban J connectivity index is 0.00000196. The van der Waals surface area contributed by atoms with Crippen molar-refractivity contribution in [1.29, 1.82) is 0 Å². The highest BCUT2D eigenvalue weighted by molar-refractivity contribution is 7.93. The number of nitrogens with zero attached hydrogens (tertiary/aromatic N) is 2. The Morgan fingerprint density at radius 2 is 1.92 bits per heavy atom. The van der Waals surface area contributed by atoms with E-state index in [2.05, 4.69) is 14.7 Å². The summed E-state index contributed by atoms with van der Waals surface area (Å²) in [4.78, 5) is 18.7. The van der Waals surface area contributed by atoms with Crippen molar-refractivity contribution in [1.82, 2.24) is 9.97 Å². The number of carbonyl (C=O) groups is 1. The molecule has 2 N–H and O–H groups in total. The Morgan fingerprint density at radius 3 is 2.58 bits per heavy atom. The number of fused-ring (bicyclic) bond motifs is 1. The first-order chi connectivity index (χ1) is 12.2. The van der Waals surface area contributed by atoms with Crippen molar-refractivity contribution in [2.45, 2.75) is 11.1 Å². The number of alkyl halides is 3. The van der Waals surface area contributed by atoms with E-state index in [0.29, 0.717) is 0 Å². The Bertz CT molecular complexity index is 1080. The molecule has 1 aromatic carbocycles. The standard InChI is InChI=1S/C14H9F3N4O3S2.2H2/c15-14(16,17)12(22)20-9-3-4-10(8-2-1-5-18-11(8)9)26(23,24)21-13-19-6-7-25-13;;/h1-7H,(H,19,21)(H,20,22);2*1H. The van der Waals surface area contributed by atoms with Gasteiger partial charge in [-0.25, -0.2) is 13.4 Å². The highest BCUT2D eigenvalue weighted by Gasteiger charge is 2.39. The summed E-state index contributed by atoms with van der Waals surface area (Å²) in [7, 11) is -4.06. The van der Waals surface area contributed by atoms with Crippen LogP contribution in [0.4, 0.5) is 24.0 Å². The first-order valence-corrected chi connectivity index (χ1v) is 9.23. The molecular formula is C14H13F3N4O3S2. The zero-order valence-electron chi connectivity index (χ0n) is 12.6. The van der Waals surface area contributed by atoms with Crippen LogP contribution in [0.1, 0.15) is 2.85 Å². The summed E-state index contributed by atoms with van der Waals surface area (Å²) in [5.74, 6) is -2.18. The van der Waals surface area contributed by atoms with Gasteiger partial charge in [0.25, 0.3) is 10.0 Å². The molecule has 0 unspecified atom stereocenters. The molecule has 0 aliphatic rings. The van der Waals surface area contributed by atoms with E-state index in [9.17, 15) is 26.4 Å². The quantitative estimate of drug-likeness (QED) is 0.691. The van der Waals surface area contributed by atoms with Crippen LogP contribution in [0.5, 0.6) is 0 Å². The number of sulfonamides is 1. The second-order valence-corrected chi connectivity index (χ2v) is 7.45.